The summed E-state index contributed by atoms with van der Waals surface area (Å²) in [7, 11) is 0. The van der Waals surface area contributed by atoms with E-state index in [1.807, 2.05) is 6.08 Å². The smallest absolute Gasteiger partial charge is 0.230 e. The number of rotatable bonds is 5. The van der Waals surface area contributed by atoms with Crippen molar-refractivity contribution in [3.8, 4) is 0 Å². The second-order valence-corrected chi connectivity index (χ2v) is 5.53. The van der Waals surface area contributed by atoms with Gasteiger partial charge in [0, 0.05) is 6.92 Å². The monoisotopic (exact) mass is 289 g/mol. The van der Waals surface area contributed by atoms with Crippen molar-refractivity contribution in [2.24, 2.45) is 0 Å². The topological polar surface area (TPSA) is 8.81 Å². The van der Waals surface area contributed by atoms with Crippen LogP contribution in [0.3, 0.4) is 0 Å². The van der Waals surface area contributed by atoms with Gasteiger partial charge in [-0.15, -0.1) is 0 Å². The molecule has 0 saturated carbocycles. The average molecular weight is 289 g/mol. The van der Waals surface area contributed by atoms with Gasteiger partial charge in [0.25, 0.3) is 5.82 Å². The van der Waals surface area contributed by atoms with Gasteiger partial charge in [0.2, 0.25) is 0 Å². The van der Waals surface area contributed by atoms with Gasteiger partial charge in [-0.1, -0.05) is 67.3 Å². The molecule has 2 nitrogen and oxygen atoms in total. The molecule has 0 spiro atoms. The van der Waals surface area contributed by atoms with Gasteiger partial charge in [-0.3, -0.25) is 0 Å². The molecule has 0 N–H and O–H groups in total. The SMILES string of the molecule is C=Cc1ccc(Cn2cc[n+](Cc3ccccc3)c2C)cc1. The molecular weight excluding hydrogens is 268 g/mol. The van der Waals surface area contributed by atoms with E-state index in [1.165, 1.54) is 17.0 Å². The van der Waals surface area contributed by atoms with Gasteiger partial charge in [0.1, 0.15) is 25.5 Å². The lowest BCUT2D eigenvalue weighted by atomic mass is 10.1. The first-order chi connectivity index (χ1) is 10.8. The summed E-state index contributed by atoms with van der Waals surface area (Å²) >= 11 is 0. The Morgan fingerprint density at radius 2 is 1.73 bits per heavy atom. The Hall–Kier alpha value is -2.61. The van der Waals surface area contributed by atoms with Crippen molar-refractivity contribution in [3.63, 3.8) is 0 Å². The van der Waals surface area contributed by atoms with Gasteiger partial charge in [0.15, 0.2) is 0 Å². The van der Waals surface area contributed by atoms with Gasteiger partial charge < -0.3 is 0 Å². The Kier molecular flexibility index (Phi) is 4.19. The van der Waals surface area contributed by atoms with Gasteiger partial charge in [-0.2, -0.15) is 0 Å². The summed E-state index contributed by atoms with van der Waals surface area (Å²) in [6.07, 6.45) is 6.18. The second-order valence-electron chi connectivity index (χ2n) is 5.53. The molecule has 1 aromatic heterocycles. The first-order valence-electron chi connectivity index (χ1n) is 7.57. The Labute approximate surface area is 132 Å². The van der Waals surface area contributed by atoms with Crippen LogP contribution >= 0.6 is 0 Å². The molecule has 0 amide bonds. The van der Waals surface area contributed by atoms with Crippen LogP contribution in [0.2, 0.25) is 0 Å². The van der Waals surface area contributed by atoms with E-state index in [-0.39, 0.29) is 0 Å². The lowest BCUT2D eigenvalue weighted by Crippen LogP contribution is -2.36. The Morgan fingerprint density at radius 3 is 2.41 bits per heavy atom. The van der Waals surface area contributed by atoms with Crippen LogP contribution in [-0.4, -0.2) is 4.57 Å². The zero-order valence-electron chi connectivity index (χ0n) is 12.9. The quantitative estimate of drug-likeness (QED) is 0.631. The minimum Gasteiger partial charge on any atom is -0.230 e. The molecule has 2 aromatic carbocycles. The summed E-state index contributed by atoms with van der Waals surface area (Å²) in [5.74, 6) is 1.26. The van der Waals surface area contributed by atoms with Crippen molar-refractivity contribution in [2.45, 2.75) is 20.0 Å². The molecule has 0 radical (unpaired) electrons. The normalized spacial score (nSPS) is 10.6. The number of hydrogen-bond acceptors (Lipinski definition) is 0. The molecule has 110 valence electrons. The number of nitrogens with zero attached hydrogens (tertiary/aromatic N) is 2. The van der Waals surface area contributed by atoms with Crippen molar-refractivity contribution < 1.29 is 4.57 Å². The molecule has 0 unspecified atom stereocenters. The summed E-state index contributed by atoms with van der Waals surface area (Å²) in [5, 5.41) is 0. The number of benzene rings is 2. The van der Waals surface area contributed by atoms with Crippen LogP contribution in [0.15, 0.2) is 73.6 Å². The van der Waals surface area contributed by atoms with E-state index in [0.29, 0.717) is 0 Å². The molecule has 1 heterocycles. The highest BCUT2D eigenvalue weighted by Gasteiger charge is 2.12. The summed E-state index contributed by atoms with van der Waals surface area (Å²) in [6.45, 7) is 7.77. The molecule has 0 atom stereocenters. The van der Waals surface area contributed by atoms with Crippen molar-refractivity contribution >= 4 is 6.08 Å². The van der Waals surface area contributed by atoms with Crippen molar-refractivity contribution in [1.82, 2.24) is 4.57 Å². The average Bonchev–Trinajstić information content (AvgIpc) is 2.90. The highest BCUT2D eigenvalue weighted by molar-refractivity contribution is 5.47. The fourth-order valence-corrected chi connectivity index (χ4v) is 2.61. The third-order valence-electron chi connectivity index (χ3n) is 4.02. The fourth-order valence-electron chi connectivity index (χ4n) is 2.61. The van der Waals surface area contributed by atoms with Crippen molar-refractivity contribution in [2.75, 3.05) is 0 Å². The summed E-state index contributed by atoms with van der Waals surface area (Å²) in [5.41, 5.74) is 3.78. The van der Waals surface area contributed by atoms with Gasteiger partial charge >= 0.3 is 0 Å². The van der Waals surface area contributed by atoms with E-state index in [0.717, 1.165) is 18.7 Å². The standard InChI is InChI=1S/C20H21N2/c1-3-18-9-11-20(12-10-18)16-22-14-13-21(17(22)2)15-19-7-5-4-6-8-19/h3-14H,1,15-16H2,2H3/q+1. The zero-order chi connectivity index (χ0) is 15.4. The first kappa shape index (κ1) is 14.3. The maximum atomic E-state index is 3.79. The van der Waals surface area contributed by atoms with Crippen molar-refractivity contribution in [3.05, 3.63) is 96.1 Å². The van der Waals surface area contributed by atoms with E-state index >= 15 is 0 Å². The van der Waals surface area contributed by atoms with E-state index in [1.54, 1.807) is 0 Å². The Morgan fingerprint density at radius 1 is 1.00 bits per heavy atom. The van der Waals surface area contributed by atoms with Crippen LogP contribution in [0, 0.1) is 6.92 Å². The molecule has 0 bridgehead atoms. The third-order valence-corrected chi connectivity index (χ3v) is 4.02. The molecule has 0 fully saturated rings. The molecular formula is C20H21N2+. The predicted octanol–water partition coefficient (Wildman–Crippen LogP) is 3.82. The number of imidazole rings is 1. The molecule has 3 aromatic rings. The molecule has 2 heteroatoms. The minimum atomic E-state index is 0.894. The van der Waals surface area contributed by atoms with E-state index < -0.39 is 0 Å². The summed E-state index contributed by atoms with van der Waals surface area (Å²) in [6, 6.07) is 19.1. The van der Waals surface area contributed by atoms with Crippen LogP contribution < -0.4 is 4.57 Å². The largest absolute Gasteiger partial charge is 0.253 e. The van der Waals surface area contributed by atoms with Crippen LogP contribution in [0.4, 0.5) is 0 Å². The lowest BCUT2D eigenvalue weighted by Gasteiger charge is -2.03. The fraction of sp³-hybridized carbons (Fsp3) is 0.150. The maximum absolute atomic E-state index is 3.79. The van der Waals surface area contributed by atoms with E-state index in [2.05, 4.69) is 89.6 Å². The number of hydrogen-bond donors (Lipinski definition) is 0. The molecule has 0 saturated heterocycles. The van der Waals surface area contributed by atoms with Crippen LogP contribution in [0.1, 0.15) is 22.5 Å². The summed E-state index contributed by atoms with van der Waals surface area (Å²) < 4.78 is 4.57. The highest BCUT2D eigenvalue weighted by atomic mass is 15.1. The third kappa shape index (κ3) is 3.17. The predicted molar refractivity (Wildman–Crippen MR) is 90.5 cm³/mol. The van der Waals surface area contributed by atoms with Crippen LogP contribution in [0.5, 0.6) is 0 Å². The maximum Gasteiger partial charge on any atom is 0.253 e. The molecule has 3 rings (SSSR count). The second kappa shape index (κ2) is 6.44. The van der Waals surface area contributed by atoms with Crippen LogP contribution in [-0.2, 0) is 13.1 Å². The van der Waals surface area contributed by atoms with Gasteiger partial charge in [0.05, 0.1) is 0 Å². The van der Waals surface area contributed by atoms with Gasteiger partial charge in [-0.25, -0.2) is 9.13 Å². The van der Waals surface area contributed by atoms with Crippen molar-refractivity contribution in [1.29, 1.82) is 0 Å². The Balaban J connectivity index is 1.76. The molecule has 0 aliphatic rings. The molecule has 22 heavy (non-hydrogen) atoms. The van der Waals surface area contributed by atoms with Gasteiger partial charge in [-0.05, 0) is 16.7 Å². The summed E-state index contributed by atoms with van der Waals surface area (Å²) in [4.78, 5) is 0. The number of aromatic nitrogens is 2. The van der Waals surface area contributed by atoms with Crippen LogP contribution in [0.25, 0.3) is 6.08 Å². The minimum absolute atomic E-state index is 0.894. The first-order valence-corrected chi connectivity index (χ1v) is 7.57. The molecule has 0 aliphatic carbocycles. The Bertz CT molecular complexity index is 752. The molecule has 0 aliphatic heterocycles. The lowest BCUT2D eigenvalue weighted by molar-refractivity contribution is -0.693. The highest BCUT2D eigenvalue weighted by Crippen LogP contribution is 2.08. The van der Waals surface area contributed by atoms with E-state index in [4.69, 9.17) is 0 Å². The van der Waals surface area contributed by atoms with E-state index in [9.17, 15) is 0 Å². The zero-order valence-corrected chi connectivity index (χ0v) is 12.9.